The van der Waals surface area contributed by atoms with Crippen LogP contribution in [-0.2, 0) is 14.3 Å². The molecule has 0 aromatic heterocycles. The average molecular weight is 581 g/mol. The summed E-state index contributed by atoms with van der Waals surface area (Å²) < 4.78 is 6.26. The quantitative estimate of drug-likeness (QED) is 0.0743. The van der Waals surface area contributed by atoms with Gasteiger partial charge in [-0.1, -0.05) is 122 Å². The van der Waals surface area contributed by atoms with Gasteiger partial charge < -0.3 is 7.59 Å². The maximum Gasteiger partial charge on any atom is 2.00 e. The van der Waals surface area contributed by atoms with Crippen LogP contribution in [0.15, 0.2) is 11.1 Å². The van der Waals surface area contributed by atoms with Crippen LogP contribution in [0.1, 0.15) is 184 Å². The number of ketones is 1. The Morgan fingerprint density at radius 2 is 1.39 bits per heavy atom. The molecule has 0 heterocycles. The van der Waals surface area contributed by atoms with E-state index in [2.05, 4.69) is 20.8 Å². The van der Waals surface area contributed by atoms with Crippen LogP contribution in [-0.4, -0.2) is 40.9 Å². The third kappa shape index (κ3) is 9.08. The van der Waals surface area contributed by atoms with Gasteiger partial charge in [-0.3, -0.25) is 9.59 Å². The van der Waals surface area contributed by atoms with E-state index in [9.17, 15) is 9.59 Å². The first-order valence-corrected chi connectivity index (χ1v) is 17.8. The molecule has 4 heteroatoms. The van der Waals surface area contributed by atoms with Crippen molar-refractivity contribution in [3.63, 3.8) is 0 Å². The Morgan fingerprint density at radius 3 is 2.00 bits per heavy atom. The van der Waals surface area contributed by atoms with Crippen molar-refractivity contribution in [1.29, 1.82) is 0 Å². The van der Waals surface area contributed by atoms with Gasteiger partial charge in [-0.05, 0) is 68.6 Å². The molecule has 0 N–H and O–H groups in total. The second kappa shape index (κ2) is 17.2. The van der Waals surface area contributed by atoms with Crippen LogP contribution in [0.25, 0.3) is 0 Å². The number of carbonyl (C=O) groups is 2. The molecule has 0 saturated heterocycles. The van der Waals surface area contributed by atoms with Gasteiger partial charge in [0.2, 0.25) is 0 Å². The molecule has 0 radical (unpaired) electrons. The number of hydrogen-bond donors (Lipinski definition) is 0. The van der Waals surface area contributed by atoms with Crippen LogP contribution in [0.5, 0.6) is 0 Å². The SMILES string of the molecule is CCCCCCCCCCCCCCCCCC(=O)OC1CC(=O)CC2CCC3=C4CCC[C@@]4(C)CC[C@H]3[C@]21C.[H-].[H-].[Mg+2]. The number of hydrogen-bond acceptors (Lipinski definition) is 3. The molecular formula is C37H64MgO3. The summed E-state index contributed by atoms with van der Waals surface area (Å²) in [4.78, 5) is 25.8. The van der Waals surface area contributed by atoms with E-state index in [-0.39, 0.29) is 43.4 Å². The number of allylic oxidation sites excluding steroid dienone is 2. The van der Waals surface area contributed by atoms with Gasteiger partial charge in [0.25, 0.3) is 0 Å². The summed E-state index contributed by atoms with van der Waals surface area (Å²) in [7, 11) is 0. The molecule has 0 bridgehead atoms. The first-order chi connectivity index (χ1) is 19.4. The minimum Gasteiger partial charge on any atom is -1.00 e. The second-order valence-electron chi connectivity index (χ2n) is 14.7. The first-order valence-electron chi connectivity index (χ1n) is 17.8. The van der Waals surface area contributed by atoms with Gasteiger partial charge in [0, 0.05) is 24.7 Å². The predicted octanol–water partition coefficient (Wildman–Crippen LogP) is 10.7. The molecular weight excluding hydrogens is 517 g/mol. The Bertz CT molecular complexity index is 876. The summed E-state index contributed by atoms with van der Waals surface area (Å²) >= 11 is 0. The van der Waals surface area contributed by atoms with E-state index < -0.39 is 0 Å². The normalized spacial score (nSPS) is 30.8. The third-order valence-corrected chi connectivity index (χ3v) is 11.9. The van der Waals surface area contributed by atoms with Crippen molar-refractivity contribution in [3.8, 4) is 0 Å². The first kappa shape index (κ1) is 35.1. The minimum atomic E-state index is -0.228. The van der Waals surface area contributed by atoms with Crippen molar-refractivity contribution in [2.75, 3.05) is 0 Å². The molecule has 0 aromatic rings. The maximum atomic E-state index is 13.0. The largest absolute Gasteiger partial charge is 2.00 e. The zero-order chi connectivity index (χ0) is 28.4. The van der Waals surface area contributed by atoms with Crippen LogP contribution in [0, 0.1) is 22.7 Å². The van der Waals surface area contributed by atoms with E-state index in [1.54, 1.807) is 11.1 Å². The molecule has 2 unspecified atom stereocenters. The van der Waals surface area contributed by atoms with Crippen LogP contribution in [0.4, 0.5) is 0 Å². The van der Waals surface area contributed by atoms with Crippen molar-refractivity contribution >= 4 is 34.8 Å². The number of rotatable bonds is 17. The average Bonchev–Trinajstić information content (AvgIpc) is 3.33. The number of esters is 1. The zero-order valence-corrected chi connectivity index (χ0v) is 28.8. The van der Waals surface area contributed by atoms with Crippen LogP contribution in [0.2, 0.25) is 0 Å². The summed E-state index contributed by atoms with van der Waals surface area (Å²) in [6.45, 7) is 7.16. The van der Waals surface area contributed by atoms with Gasteiger partial charge in [0.05, 0.1) is 0 Å². The Kier molecular flexibility index (Phi) is 14.8. The standard InChI is InChI=1S/C37H62O3.Mg.2H/c1-4-5-6-7-8-9-10-11-12-13-14-15-16-17-18-21-35(39)40-34-28-30(38)27-29-22-23-31-32-20-19-25-36(32,2)26-24-33(31)37(29,34)3;;;/h29,33-34H,4-28H2,1-3H3;;;/q;+2;2*-1/t29?,33-,34?,36+,37+;;;/m1.../s1. The molecule has 0 spiro atoms. The van der Waals surface area contributed by atoms with Crippen molar-refractivity contribution < 1.29 is 17.2 Å². The van der Waals surface area contributed by atoms with Gasteiger partial charge in [-0.15, -0.1) is 0 Å². The third-order valence-electron chi connectivity index (χ3n) is 11.9. The predicted molar refractivity (Wildman–Crippen MR) is 174 cm³/mol. The zero-order valence-electron chi connectivity index (χ0n) is 29.3. The summed E-state index contributed by atoms with van der Waals surface area (Å²) in [5, 5.41) is 0. The molecule has 4 aliphatic rings. The number of unbranched alkanes of at least 4 members (excludes halogenated alkanes) is 14. The number of carbonyl (C=O) groups excluding carboxylic acids is 2. The molecule has 232 valence electrons. The molecule has 0 aliphatic heterocycles. The number of ether oxygens (including phenoxy) is 1. The fourth-order valence-corrected chi connectivity index (χ4v) is 9.34. The van der Waals surface area contributed by atoms with E-state index in [1.165, 1.54) is 122 Å². The molecule has 3 fully saturated rings. The van der Waals surface area contributed by atoms with Crippen LogP contribution < -0.4 is 0 Å². The Balaban J connectivity index is 0.00000308. The van der Waals surface area contributed by atoms with Gasteiger partial charge in [0.1, 0.15) is 11.9 Å². The van der Waals surface area contributed by atoms with E-state index >= 15 is 0 Å². The molecule has 41 heavy (non-hydrogen) atoms. The Hall–Kier alpha value is -0.354. The maximum absolute atomic E-state index is 13.0. The molecule has 3 nitrogen and oxygen atoms in total. The molecule has 0 amide bonds. The number of Topliss-reactive ketones (excluding diaryl/α,β-unsaturated/α-hetero) is 1. The Morgan fingerprint density at radius 1 is 0.805 bits per heavy atom. The van der Waals surface area contributed by atoms with Crippen molar-refractivity contribution in [3.05, 3.63) is 11.1 Å². The fourth-order valence-electron chi connectivity index (χ4n) is 9.34. The van der Waals surface area contributed by atoms with Gasteiger partial charge in [-0.2, -0.15) is 0 Å². The van der Waals surface area contributed by atoms with E-state index in [4.69, 9.17) is 4.74 Å². The van der Waals surface area contributed by atoms with Crippen molar-refractivity contribution in [2.45, 2.75) is 187 Å². The van der Waals surface area contributed by atoms with Gasteiger partial charge in [0.15, 0.2) is 0 Å². The van der Waals surface area contributed by atoms with Crippen molar-refractivity contribution in [2.24, 2.45) is 22.7 Å². The molecule has 3 saturated carbocycles. The topological polar surface area (TPSA) is 43.4 Å². The summed E-state index contributed by atoms with van der Waals surface area (Å²) in [6.07, 6.45) is 30.0. The molecule has 5 atom stereocenters. The van der Waals surface area contributed by atoms with Gasteiger partial charge in [-0.25, -0.2) is 0 Å². The molecule has 4 rings (SSSR count). The van der Waals surface area contributed by atoms with Gasteiger partial charge >= 0.3 is 29.0 Å². The molecule has 0 aromatic carbocycles. The molecule has 4 aliphatic carbocycles. The van der Waals surface area contributed by atoms with E-state index in [0.29, 0.717) is 42.3 Å². The number of fused-ring (bicyclic) bond motifs is 4. The van der Waals surface area contributed by atoms with E-state index in [1.807, 2.05) is 0 Å². The van der Waals surface area contributed by atoms with E-state index in [0.717, 1.165) is 19.3 Å². The minimum absolute atomic E-state index is 0. The fraction of sp³-hybridized carbons (Fsp3) is 0.892. The Labute approximate surface area is 272 Å². The monoisotopic (exact) mass is 580 g/mol. The summed E-state index contributed by atoms with van der Waals surface area (Å²) in [6, 6.07) is 0. The summed E-state index contributed by atoms with van der Waals surface area (Å²) in [5.74, 6) is 1.13. The van der Waals surface area contributed by atoms with Crippen molar-refractivity contribution in [1.82, 2.24) is 0 Å². The second-order valence-corrected chi connectivity index (χ2v) is 14.7. The smallest absolute Gasteiger partial charge is 1.00 e. The van der Waals surface area contributed by atoms with Crippen LogP contribution >= 0.6 is 0 Å². The van der Waals surface area contributed by atoms with Crippen LogP contribution in [0.3, 0.4) is 0 Å². The summed E-state index contributed by atoms with van der Waals surface area (Å²) in [5.41, 5.74) is 3.81.